The lowest BCUT2D eigenvalue weighted by molar-refractivity contribution is -0.115. The summed E-state index contributed by atoms with van der Waals surface area (Å²) in [6.07, 6.45) is 0. The number of carbonyl (C=O) groups excluding carboxylic acids is 1. The summed E-state index contributed by atoms with van der Waals surface area (Å²) in [4.78, 5) is 16.4. The molecule has 0 aliphatic carbocycles. The number of hydrogen-bond acceptors (Lipinski definition) is 5. The first-order valence-corrected chi connectivity index (χ1v) is 7.88. The van der Waals surface area contributed by atoms with Crippen molar-refractivity contribution in [3.8, 4) is 5.75 Å². The van der Waals surface area contributed by atoms with E-state index in [1.165, 1.54) is 11.8 Å². The second-order valence-corrected chi connectivity index (χ2v) is 6.68. The van der Waals surface area contributed by atoms with Crippen molar-refractivity contribution in [2.24, 2.45) is 0 Å². The molecule has 0 aliphatic heterocycles. The topological polar surface area (TPSA) is 51.2 Å². The summed E-state index contributed by atoms with van der Waals surface area (Å²) in [6, 6.07) is 7.28. The van der Waals surface area contributed by atoms with E-state index in [0.717, 1.165) is 21.5 Å². The van der Waals surface area contributed by atoms with Gasteiger partial charge in [0.25, 0.3) is 0 Å². The predicted molar refractivity (Wildman–Crippen MR) is 83.8 cm³/mol. The molecule has 1 aromatic carbocycles. The van der Waals surface area contributed by atoms with Crippen molar-refractivity contribution < 1.29 is 9.53 Å². The standard InChI is InChI=1S/C14H16N2O2S2/c1-9-8-19-14(15-9)20-10(2)13(17)16-11-4-6-12(18-3)7-5-11/h4-8,10H,1-3H3,(H,16,17). The maximum atomic E-state index is 12.1. The van der Waals surface area contributed by atoms with Gasteiger partial charge in [0.15, 0.2) is 4.34 Å². The average molecular weight is 308 g/mol. The number of methoxy groups -OCH3 is 1. The van der Waals surface area contributed by atoms with Crippen LogP contribution >= 0.6 is 23.1 Å². The van der Waals surface area contributed by atoms with E-state index in [9.17, 15) is 4.79 Å². The van der Waals surface area contributed by atoms with Crippen LogP contribution in [0.2, 0.25) is 0 Å². The van der Waals surface area contributed by atoms with E-state index in [1.807, 2.05) is 43.5 Å². The number of benzene rings is 1. The van der Waals surface area contributed by atoms with Crippen LogP contribution in [0.15, 0.2) is 34.0 Å². The fraction of sp³-hybridized carbons (Fsp3) is 0.286. The number of hydrogen-bond donors (Lipinski definition) is 1. The summed E-state index contributed by atoms with van der Waals surface area (Å²) in [5, 5.41) is 4.67. The number of thiazole rings is 1. The molecule has 0 radical (unpaired) electrons. The van der Waals surface area contributed by atoms with Gasteiger partial charge in [0.05, 0.1) is 12.4 Å². The monoisotopic (exact) mass is 308 g/mol. The Labute approximate surface area is 126 Å². The van der Waals surface area contributed by atoms with Crippen LogP contribution in [-0.2, 0) is 4.79 Å². The molecule has 0 fully saturated rings. The van der Waals surface area contributed by atoms with Crippen LogP contribution in [-0.4, -0.2) is 23.3 Å². The first kappa shape index (κ1) is 14.9. The van der Waals surface area contributed by atoms with Gasteiger partial charge in [-0.25, -0.2) is 4.98 Å². The zero-order valence-electron chi connectivity index (χ0n) is 11.5. The van der Waals surface area contributed by atoms with Crippen molar-refractivity contribution in [2.45, 2.75) is 23.4 Å². The molecule has 0 saturated carbocycles. The number of nitrogens with one attached hydrogen (secondary N) is 1. The van der Waals surface area contributed by atoms with Gasteiger partial charge >= 0.3 is 0 Å². The first-order valence-electron chi connectivity index (χ1n) is 6.12. The Morgan fingerprint density at radius 3 is 2.65 bits per heavy atom. The molecule has 1 aromatic heterocycles. The maximum absolute atomic E-state index is 12.1. The van der Waals surface area contributed by atoms with E-state index < -0.39 is 0 Å². The van der Waals surface area contributed by atoms with Crippen molar-refractivity contribution in [1.29, 1.82) is 0 Å². The van der Waals surface area contributed by atoms with Gasteiger partial charge in [-0.05, 0) is 38.1 Å². The number of amides is 1. The molecular weight excluding hydrogens is 292 g/mol. The van der Waals surface area contributed by atoms with Crippen LogP contribution in [0.5, 0.6) is 5.75 Å². The fourth-order valence-corrected chi connectivity index (χ4v) is 3.49. The second-order valence-electron chi connectivity index (χ2n) is 4.23. The third-order valence-electron chi connectivity index (χ3n) is 2.60. The summed E-state index contributed by atoms with van der Waals surface area (Å²) in [5.74, 6) is 0.733. The summed E-state index contributed by atoms with van der Waals surface area (Å²) in [7, 11) is 1.61. The van der Waals surface area contributed by atoms with Crippen molar-refractivity contribution >= 4 is 34.7 Å². The molecule has 1 unspecified atom stereocenters. The van der Waals surface area contributed by atoms with Gasteiger partial charge in [0, 0.05) is 16.8 Å². The summed E-state index contributed by atoms with van der Waals surface area (Å²) in [6.45, 7) is 3.82. The minimum atomic E-state index is -0.192. The number of nitrogens with zero attached hydrogens (tertiary/aromatic N) is 1. The molecule has 0 aliphatic rings. The van der Waals surface area contributed by atoms with E-state index in [-0.39, 0.29) is 11.2 Å². The molecule has 2 aromatic rings. The molecule has 0 spiro atoms. The molecular formula is C14H16N2O2S2. The Kier molecular flexibility index (Phi) is 5.03. The Morgan fingerprint density at radius 2 is 2.10 bits per heavy atom. The van der Waals surface area contributed by atoms with Crippen molar-refractivity contribution in [3.63, 3.8) is 0 Å². The largest absolute Gasteiger partial charge is 0.497 e. The number of thioether (sulfide) groups is 1. The molecule has 1 N–H and O–H groups in total. The third-order valence-corrected chi connectivity index (χ3v) is 4.79. The quantitative estimate of drug-likeness (QED) is 0.858. The van der Waals surface area contributed by atoms with E-state index in [1.54, 1.807) is 18.4 Å². The van der Waals surface area contributed by atoms with Crippen LogP contribution in [0.4, 0.5) is 5.69 Å². The molecule has 106 valence electrons. The first-order chi connectivity index (χ1) is 9.58. The molecule has 1 heterocycles. The zero-order chi connectivity index (χ0) is 14.5. The number of aryl methyl sites for hydroxylation is 1. The highest BCUT2D eigenvalue weighted by molar-refractivity contribution is 8.02. The smallest absolute Gasteiger partial charge is 0.237 e. The van der Waals surface area contributed by atoms with Gasteiger partial charge in [-0.15, -0.1) is 11.3 Å². The molecule has 0 saturated heterocycles. The maximum Gasteiger partial charge on any atom is 0.237 e. The van der Waals surface area contributed by atoms with E-state index >= 15 is 0 Å². The lowest BCUT2D eigenvalue weighted by Crippen LogP contribution is -2.22. The Hall–Kier alpha value is -1.53. The number of anilines is 1. The van der Waals surface area contributed by atoms with Gasteiger partial charge < -0.3 is 10.1 Å². The van der Waals surface area contributed by atoms with Gasteiger partial charge in [-0.2, -0.15) is 0 Å². The van der Waals surface area contributed by atoms with Crippen molar-refractivity contribution in [3.05, 3.63) is 35.3 Å². The van der Waals surface area contributed by atoms with Crippen LogP contribution < -0.4 is 10.1 Å². The highest BCUT2D eigenvalue weighted by Gasteiger charge is 2.16. The molecule has 2 rings (SSSR count). The van der Waals surface area contributed by atoms with Gasteiger partial charge in [-0.3, -0.25) is 4.79 Å². The van der Waals surface area contributed by atoms with E-state index in [0.29, 0.717) is 0 Å². The molecule has 4 nitrogen and oxygen atoms in total. The van der Waals surface area contributed by atoms with Gasteiger partial charge in [-0.1, -0.05) is 11.8 Å². The summed E-state index contributed by atoms with van der Waals surface area (Å²) >= 11 is 3.03. The summed E-state index contributed by atoms with van der Waals surface area (Å²) in [5.41, 5.74) is 1.75. The minimum absolute atomic E-state index is 0.0342. The van der Waals surface area contributed by atoms with Gasteiger partial charge in [0.2, 0.25) is 5.91 Å². The molecule has 1 atom stereocenters. The van der Waals surface area contributed by atoms with E-state index in [2.05, 4.69) is 10.3 Å². The lowest BCUT2D eigenvalue weighted by Gasteiger charge is -2.10. The lowest BCUT2D eigenvalue weighted by atomic mass is 10.3. The SMILES string of the molecule is COc1ccc(NC(=O)C(C)Sc2nc(C)cs2)cc1. The number of aromatic nitrogens is 1. The number of ether oxygens (including phenoxy) is 1. The van der Waals surface area contributed by atoms with Crippen LogP contribution in [0, 0.1) is 6.92 Å². The van der Waals surface area contributed by atoms with Crippen LogP contribution in [0.1, 0.15) is 12.6 Å². The second kappa shape index (κ2) is 6.76. The van der Waals surface area contributed by atoms with Crippen molar-refractivity contribution in [2.75, 3.05) is 12.4 Å². The predicted octanol–water partition coefficient (Wildman–Crippen LogP) is 3.58. The number of rotatable bonds is 5. The van der Waals surface area contributed by atoms with Crippen molar-refractivity contribution in [1.82, 2.24) is 4.98 Å². The highest BCUT2D eigenvalue weighted by Crippen LogP contribution is 2.27. The highest BCUT2D eigenvalue weighted by atomic mass is 32.2. The van der Waals surface area contributed by atoms with Crippen LogP contribution in [0.25, 0.3) is 0 Å². The number of carbonyl (C=O) groups is 1. The average Bonchev–Trinajstić information content (AvgIpc) is 2.85. The molecule has 1 amide bonds. The molecule has 0 bridgehead atoms. The van der Waals surface area contributed by atoms with E-state index in [4.69, 9.17) is 4.74 Å². The Bertz CT molecular complexity index is 581. The Morgan fingerprint density at radius 1 is 1.40 bits per heavy atom. The van der Waals surface area contributed by atoms with Gasteiger partial charge in [0.1, 0.15) is 5.75 Å². The summed E-state index contributed by atoms with van der Waals surface area (Å²) < 4.78 is 6.00. The zero-order valence-corrected chi connectivity index (χ0v) is 13.2. The molecule has 20 heavy (non-hydrogen) atoms. The third kappa shape index (κ3) is 3.98. The minimum Gasteiger partial charge on any atom is -0.497 e. The normalized spacial score (nSPS) is 11.9. The fourth-order valence-electron chi connectivity index (χ4n) is 1.51. The Balaban J connectivity index is 1.93. The van der Waals surface area contributed by atoms with Crippen LogP contribution in [0.3, 0.4) is 0 Å². The molecule has 6 heteroatoms.